The molecule has 1 aromatic heterocycles. The minimum absolute atomic E-state index is 0.0317. The topological polar surface area (TPSA) is 95.7 Å². The molecule has 0 bridgehead atoms. The summed E-state index contributed by atoms with van der Waals surface area (Å²) in [5.41, 5.74) is 0.738. The second-order valence-corrected chi connectivity index (χ2v) is 4.84. The van der Waals surface area contributed by atoms with Gasteiger partial charge in [0.05, 0.1) is 12.2 Å². The van der Waals surface area contributed by atoms with Crippen LogP contribution in [0.1, 0.15) is 24.8 Å². The number of likely N-dealkylation sites (tertiary alicyclic amines) is 1. The molecule has 0 saturated carbocycles. The summed E-state index contributed by atoms with van der Waals surface area (Å²) in [7, 11) is 0. The molecule has 2 N–H and O–H groups in total. The standard InChI is InChI=1S/C12H17N3O4/c1-7-3-4-15(10(7)11(16)17)12(18)13-6-9-5-8(2)14-19-9/h5,7,10H,3-4,6H2,1-2H3,(H,13,18)(H,16,17). The molecule has 2 unspecified atom stereocenters. The minimum Gasteiger partial charge on any atom is -0.480 e. The van der Waals surface area contributed by atoms with Crippen LogP contribution in [0, 0.1) is 12.8 Å². The van der Waals surface area contributed by atoms with Gasteiger partial charge in [-0.05, 0) is 19.3 Å². The van der Waals surface area contributed by atoms with Crippen molar-refractivity contribution in [2.75, 3.05) is 6.54 Å². The summed E-state index contributed by atoms with van der Waals surface area (Å²) in [5, 5.41) is 15.5. The first-order valence-electron chi connectivity index (χ1n) is 6.18. The first kappa shape index (κ1) is 13.4. The number of nitrogens with one attached hydrogen (secondary N) is 1. The van der Waals surface area contributed by atoms with Gasteiger partial charge in [-0.25, -0.2) is 9.59 Å². The van der Waals surface area contributed by atoms with E-state index in [0.29, 0.717) is 18.7 Å². The van der Waals surface area contributed by atoms with E-state index in [4.69, 9.17) is 9.63 Å². The second-order valence-electron chi connectivity index (χ2n) is 4.84. The fraction of sp³-hybridized carbons (Fsp3) is 0.583. The lowest BCUT2D eigenvalue weighted by atomic mass is 10.0. The molecular formula is C12H17N3O4. The number of carbonyl (C=O) groups is 2. The first-order valence-corrected chi connectivity index (χ1v) is 6.18. The molecule has 2 amide bonds. The lowest BCUT2D eigenvalue weighted by Gasteiger charge is -2.23. The summed E-state index contributed by atoms with van der Waals surface area (Å²) in [6.07, 6.45) is 0.700. The van der Waals surface area contributed by atoms with Gasteiger partial charge in [-0.15, -0.1) is 0 Å². The maximum Gasteiger partial charge on any atom is 0.326 e. The fourth-order valence-corrected chi connectivity index (χ4v) is 2.32. The van der Waals surface area contributed by atoms with Gasteiger partial charge >= 0.3 is 12.0 Å². The Balaban J connectivity index is 1.94. The molecule has 1 aliphatic rings. The average Bonchev–Trinajstić information content (AvgIpc) is 2.92. The quantitative estimate of drug-likeness (QED) is 0.851. The summed E-state index contributed by atoms with van der Waals surface area (Å²) >= 11 is 0. The van der Waals surface area contributed by atoms with Gasteiger partial charge in [0.2, 0.25) is 0 Å². The van der Waals surface area contributed by atoms with Crippen LogP contribution >= 0.6 is 0 Å². The van der Waals surface area contributed by atoms with Crippen molar-refractivity contribution in [3.63, 3.8) is 0 Å². The average molecular weight is 267 g/mol. The monoisotopic (exact) mass is 267 g/mol. The minimum atomic E-state index is -0.962. The van der Waals surface area contributed by atoms with E-state index in [0.717, 1.165) is 5.69 Å². The molecule has 2 rings (SSSR count). The summed E-state index contributed by atoms with van der Waals surface area (Å²) < 4.78 is 4.97. The molecule has 1 aliphatic heterocycles. The molecule has 2 atom stereocenters. The maximum absolute atomic E-state index is 12.0. The Hall–Kier alpha value is -2.05. The Morgan fingerprint density at radius 3 is 2.95 bits per heavy atom. The number of rotatable bonds is 3. The molecule has 104 valence electrons. The van der Waals surface area contributed by atoms with Gasteiger partial charge in [-0.3, -0.25) is 0 Å². The van der Waals surface area contributed by atoms with Crippen molar-refractivity contribution in [2.45, 2.75) is 32.9 Å². The Labute approximate surface area is 110 Å². The number of amides is 2. The SMILES string of the molecule is Cc1cc(CNC(=O)N2CCC(C)C2C(=O)O)on1. The fourth-order valence-electron chi connectivity index (χ4n) is 2.32. The second kappa shape index (κ2) is 5.29. The number of aryl methyl sites for hydroxylation is 1. The third-order valence-corrected chi connectivity index (χ3v) is 3.30. The highest BCUT2D eigenvalue weighted by atomic mass is 16.5. The molecule has 19 heavy (non-hydrogen) atoms. The van der Waals surface area contributed by atoms with E-state index in [2.05, 4.69) is 10.5 Å². The molecule has 7 nitrogen and oxygen atoms in total. The number of carboxylic acids is 1. The Morgan fingerprint density at radius 2 is 2.37 bits per heavy atom. The van der Waals surface area contributed by atoms with Crippen molar-refractivity contribution >= 4 is 12.0 Å². The molecule has 1 fully saturated rings. The summed E-state index contributed by atoms with van der Waals surface area (Å²) in [4.78, 5) is 24.5. The number of aromatic nitrogens is 1. The number of urea groups is 1. The Bertz CT molecular complexity index is 485. The third-order valence-electron chi connectivity index (χ3n) is 3.30. The van der Waals surface area contributed by atoms with Gasteiger partial charge in [-0.1, -0.05) is 12.1 Å². The zero-order valence-corrected chi connectivity index (χ0v) is 10.9. The van der Waals surface area contributed by atoms with Crippen LogP contribution < -0.4 is 5.32 Å². The van der Waals surface area contributed by atoms with Crippen LogP contribution in [0.25, 0.3) is 0 Å². The summed E-state index contributed by atoms with van der Waals surface area (Å²) in [6, 6.07) is 0.587. The van der Waals surface area contributed by atoms with Gasteiger partial charge in [0.15, 0.2) is 5.76 Å². The Kier molecular flexibility index (Phi) is 3.73. The highest BCUT2D eigenvalue weighted by Gasteiger charge is 2.39. The van der Waals surface area contributed by atoms with Crippen LogP contribution in [0.3, 0.4) is 0 Å². The maximum atomic E-state index is 12.0. The van der Waals surface area contributed by atoms with E-state index < -0.39 is 12.0 Å². The largest absolute Gasteiger partial charge is 0.480 e. The molecule has 0 aromatic carbocycles. The van der Waals surface area contributed by atoms with Gasteiger partial charge in [-0.2, -0.15) is 0 Å². The molecule has 0 aliphatic carbocycles. The normalized spacial score (nSPS) is 22.5. The molecule has 1 saturated heterocycles. The highest BCUT2D eigenvalue weighted by molar-refractivity contribution is 5.83. The molecule has 0 radical (unpaired) electrons. The van der Waals surface area contributed by atoms with Crippen LogP contribution in [0.2, 0.25) is 0 Å². The number of hydrogen-bond acceptors (Lipinski definition) is 4. The van der Waals surface area contributed by atoms with E-state index in [1.54, 1.807) is 13.0 Å². The van der Waals surface area contributed by atoms with E-state index in [9.17, 15) is 9.59 Å². The van der Waals surface area contributed by atoms with Crippen molar-refractivity contribution in [3.8, 4) is 0 Å². The molecule has 0 spiro atoms. The predicted octanol–water partition coefficient (Wildman–Crippen LogP) is 0.988. The van der Waals surface area contributed by atoms with E-state index in [1.807, 2.05) is 6.92 Å². The van der Waals surface area contributed by atoms with Crippen LogP contribution in [0.4, 0.5) is 4.79 Å². The lowest BCUT2D eigenvalue weighted by molar-refractivity contribution is -0.142. The summed E-state index contributed by atoms with van der Waals surface area (Å²) in [5.74, 6) is -0.448. The number of aliphatic carboxylic acids is 1. The van der Waals surface area contributed by atoms with Crippen LogP contribution in [0.5, 0.6) is 0 Å². The Morgan fingerprint density at radius 1 is 1.63 bits per heavy atom. The first-order chi connectivity index (χ1) is 8.99. The summed E-state index contributed by atoms with van der Waals surface area (Å²) in [6.45, 7) is 4.29. The van der Waals surface area contributed by atoms with Crippen LogP contribution in [-0.2, 0) is 11.3 Å². The number of nitrogens with zero attached hydrogens (tertiary/aromatic N) is 2. The van der Waals surface area contributed by atoms with Gasteiger partial charge in [0.25, 0.3) is 0 Å². The molecular weight excluding hydrogens is 250 g/mol. The molecule has 1 aromatic rings. The number of carbonyl (C=O) groups excluding carboxylic acids is 1. The zero-order valence-electron chi connectivity index (χ0n) is 10.9. The number of hydrogen-bond donors (Lipinski definition) is 2. The van der Waals surface area contributed by atoms with Crippen molar-refractivity contribution in [1.29, 1.82) is 0 Å². The zero-order chi connectivity index (χ0) is 14.0. The van der Waals surface area contributed by atoms with Crippen molar-refractivity contribution < 1.29 is 19.2 Å². The third kappa shape index (κ3) is 2.86. The smallest absolute Gasteiger partial charge is 0.326 e. The highest BCUT2D eigenvalue weighted by Crippen LogP contribution is 2.24. The molecule has 2 heterocycles. The molecule has 7 heteroatoms. The number of carboxylic acid groups (broad SMARTS) is 1. The van der Waals surface area contributed by atoms with E-state index in [-0.39, 0.29) is 18.5 Å². The van der Waals surface area contributed by atoms with Crippen molar-refractivity contribution in [3.05, 3.63) is 17.5 Å². The lowest BCUT2D eigenvalue weighted by Crippen LogP contribution is -2.47. The van der Waals surface area contributed by atoms with Gasteiger partial charge < -0.3 is 19.8 Å². The van der Waals surface area contributed by atoms with Gasteiger partial charge in [0.1, 0.15) is 6.04 Å². The van der Waals surface area contributed by atoms with Crippen molar-refractivity contribution in [1.82, 2.24) is 15.4 Å². The van der Waals surface area contributed by atoms with E-state index in [1.165, 1.54) is 4.90 Å². The van der Waals surface area contributed by atoms with E-state index >= 15 is 0 Å². The van der Waals surface area contributed by atoms with Gasteiger partial charge in [0, 0.05) is 12.6 Å². The van der Waals surface area contributed by atoms with Crippen LogP contribution in [-0.4, -0.2) is 39.8 Å². The van der Waals surface area contributed by atoms with Crippen molar-refractivity contribution in [2.24, 2.45) is 5.92 Å². The van der Waals surface area contributed by atoms with Crippen LogP contribution in [0.15, 0.2) is 10.6 Å². The predicted molar refractivity (Wildman–Crippen MR) is 65.4 cm³/mol.